The van der Waals surface area contributed by atoms with Crippen LogP contribution in [0.15, 0.2) is 22.9 Å². The van der Waals surface area contributed by atoms with Crippen LogP contribution in [0.25, 0.3) is 11.4 Å². The van der Waals surface area contributed by atoms with E-state index in [9.17, 15) is 0 Å². The molecule has 1 aliphatic rings. The minimum atomic E-state index is 0.512. The zero-order valence-electron chi connectivity index (χ0n) is 10.0. The summed E-state index contributed by atoms with van der Waals surface area (Å²) in [6.07, 6.45) is 5.93. The number of anilines is 1. The first-order chi connectivity index (χ1) is 8.66. The summed E-state index contributed by atoms with van der Waals surface area (Å²) in [4.78, 5) is 13.1. The number of rotatable bonds is 2. The van der Waals surface area contributed by atoms with Crippen molar-refractivity contribution in [1.82, 2.24) is 15.0 Å². The van der Waals surface area contributed by atoms with E-state index in [1.165, 1.54) is 12.8 Å². The molecule has 1 aliphatic carbocycles. The predicted molar refractivity (Wildman–Crippen MR) is 74.1 cm³/mol. The smallest absolute Gasteiger partial charge is 0.162 e. The molecule has 0 aliphatic heterocycles. The van der Waals surface area contributed by atoms with E-state index in [0.29, 0.717) is 17.6 Å². The normalized spacial score (nSPS) is 14.8. The number of nitrogens with zero attached hydrogens (tertiary/aromatic N) is 3. The molecule has 0 radical (unpaired) electrons. The Kier molecular flexibility index (Phi) is 2.78. The van der Waals surface area contributed by atoms with Crippen molar-refractivity contribution in [3.8, 4) is 11.4 Å². The molecule has 0 unspecified atom stereocenters. The van der Waals surface area contributed by atoms with Crippen molar-refractivity contribution < 1.29 is 0 Å². The number of hydrogen-bond donors (Lipinski definition) is 1. The van der Waals surface area contributed by atoms with Crippen LogP contribution in [0.1, 0.15) is 30.0 Å². The van der Waals surface area contributed by atoms with Crippen molar-refractivity contribution in [2.24, 2.45) is 0 Å². The number of aryl methyl sites for hydroxylation is 1. The third-order valence-corrected chi connectivity index (χ3v) is 3.94. The molecule has 1 fully saturated rings. The van der Waals surface area contributed by atoms with Crippen molar-refractivity contribution in [2.45, 2.75) is 25.7 Å². The maximum absolute atomic E-state index is 5.96. The zero-order chi connectivity index (χ0) is 12.7. The fourth-order valence-electron chi connectivity index (χ4n) is 1.95. The zero-order valence-corrected chi connectivity index (χ0v) is 11.6. The number of pyridine rings is 1. The number of hydrogen-bond acceptors (Lipinski definition) is 4. The van der Waals surface area contributed by atoms with Gasteiger partial charge in [-0.25, -0.2) is 9.97 Å². The number of nitrogens with two attached hydrogens (primary N) is 1. The molecule has 4 nitrogen and oxygen atoms in total. The van der Waals surface area contributed by atoms with Gasteiger partial charge in [0.1, 0.15) is 5.82 Å². The summed E-state index contributed by atoms with van der Waals surface area (Å²) < 4.78 is 0.848. The van der Waals surface area contributed by atoms with E-state index in [1.54, 1.807) is 6.20 Å². The molecular weight excluding hydrogens is 292 g/mol. The highest BCUT2D eigenvalue weighted by molar-refractivity contribution is 9.10. The Bertz CT molecular complexity index is 608. The van der Waals surface area contributed by atoms with E-state index < -0.39 is 0 Å². The van der Waals surface area contributed by atoms with E-state index in [1.807, 2.05) is 19.2 Å². The SMILES string of the molecule is Cc1cnccc1-c1nc(N)c(Br)c(C2CC2)n1. The summed E-state index contributed by atoms with van der Waals surface area (Å²) >= 11 is 3.48. The third-order valence-electron chi connectivity index (χ3n) is 3.13. The number of aromatic nitrogens is 3. The molecule has 0 spiro atoms. The van der Waals surface area contributed by atoms with Crippen LogP contribution in [0.4, 0.5) is 5.82 Å². The first-order valence-electron chi connectivity index (χ1n) is 5.90. The molecule has 0 amide bonds. The van der Waals surface area contributed by atoms with Gasteiger partial charge < -0.3 is 5.73 Å². The molecule has 0 atom stereocenters. The number of halogens is 1. The summed E-state index contributed by atoms with van der Waals surface area (Å²) in [5.74, 6) is 1.74. The molecule has 3 rings (SSSR count). The van der Waals surface area contributed by atoms with Gasteiger partial charge in [0.15, 0.2) is 5.82 Å². The maximum Gasteiger partial charge on any atom is 0.162 e. The molecule has 0 saturated heterocycles. The van der Waals surface area contributed by atoms with Gasteiger partial charge in [0.2, 0.25) is 0 Å². The van der Waals surface area contributed by atoms with Crippen molar-refractivity contribution >= 4 is 21.7 Å². The Morgan fingerprint density at radius 3 is 2.78 bits per heavy atom. The first kappa shape index (κ1) is 11.6. The quantitative estimate of drug-likeness (QED) is 0.926. The average Bonchev–Trinajstić information content (AvgIpc) is 3.17. The fourth-order valence-corrected chi connectivity index (χ4v) is 2.46. The minimum Gasteiger partial charge on any atom is -0.383 e. The van der Waals surface area contributed by atoms with Gasteiger partial charge in [-0.2, -0.15) is 0 Å². The van der Waals surface area contributed by atoms with Crippen LogP contribution >= 0.6 is 15.9 Å². The lowest BCUT2D eigenvalue weighted by Gasteiger charge is -2.09. The summed E-state index contributed by atoms with van der Waals surface area (Å²) in [5.41, 5.74) is 9.04. The molecule has 2 aromatic rings. The molecule has 2 aromatic heterocycles. The van der Waals surface area contributed by atoms with Crippen LogP contribution in [0.3, 0.4) is 0 Å². The third kappa shape index (κ3) is 1.99. The Hall–Kier alpha value is -1.49. The molecular formula is C13H13BrN4. The van der Waals surface area contributed by atoms with E-state index in [0.717, 1.165) is 21.3 Å². The first-order valence-corrected chi connectivity index (χ1v) is 6.70. The molecule has 2 N–H and O–H groups in total. The molecule has 18 heavy (non-hydrogen) atoms. The highest BCUT2D eigenvalue weighted by atomic mass is 79.9. The monoisotopic (exact) mass is 304 g/mol. The molecule has 0 aromatic carbocycles. The topological polar surface area (TPSA) is 64.7 Å². The summed E-state index contributed by atoms with van der Waals surface area (Å²) in [7, 11) is 0. The second kappa shape index (κ2) is 4.31. The molecule has 92 valence electrons. The van der Waals surface area contributed by atoms with Gasteiger partial charge in [-0.1, -0.05) is 0 Å². The largest absolute Gasteiger partial charge is 0.383 e. The van der Waals surface area contributed by atoms with Gasteiger partial charge in [0, 0.05) is 23.9 Å². The van der Waals surface area contributed by atoms with Crippen LogP contribution in [0.5, 0.6) is 0 Å². The average molecular weight is 305 g/mol. The van der Waals surface area contributed by atoms with Crippen molar-refractivity contribution in [1.29, 1.82) is 0 Å². The fraction of sp³-hybridized carbons (Fsp3) is 0.308. The van der Waals surface area contributed by atoms with Gasteiger partial charge in [-0.05, 0) is 47.3 Å². The standard InChI is InChI=1S/C13H13BrN4/c1-7-6-16-5-4-9(7)13-17-11(8-2-3-8)10(14)12(15)18-13/h4-6,8H,2-3H2,1H3,(H2,15,17,18). The lowest BCUT2D eigenvalue weighted by atomic mass is 10.1. The Labute approximate surface area is 114 Å². The van der Waals surface area contributed by atoms with Gasteiger partial charge in [0.05, 0.1) is 10.2 Å². The van der Waals surface area contributed by atoms with Gasteiger partial charge in [-0.3, -0.25) is 4.98 Å². The molecule has 5 heteroatoms. The van der Waals surface area contributed by atoms with E-state index in [4.69, 9.17) is 5.73 Å². The van der Waals surface area contributed by atoms with Crippen LogP contribution in [-0.2, 0) is 0 Å². The highest BCUT2D eigenvalue weighted by Crippen LogP contribution is 2.44. The van der Waals surface area contributed by atoms with Crippen molar-refractivity contribution in [3.05, 3.63) is 34.2 Å². The minimum absolute atomic E-state index is 0.512. The van der Waals surface area contributed by atoms with E-state index in [2.05, 4.69) is 30.9 Å². The van der Waals surface area contributed by atoms with E-state index in [-0.39, 0.29) is 0 Å². The van der Waals surface area contributed by atoms with Crippen LogP contribution < -0.4 is 5.73 Å². The van der Waals surface area contributed by atoms with Crippen LogP contribution in [0.2, 0.25) is 0 Å². The molecule has 0 bridgehead atoms. The molecule has 2 heterocycles. The van der Waals surface area contributed by atoms with Crippen molar-refractivity contribution in [2.75, 3.05) is 5.73 Å². The molecule has 1 saturated carbocycles. The lowest BCUT2D eigenvalue weighted by Crippen LogP contribution is -2.03. The highest BCUT2D eigenvalue weighted by Gasteiger charge is 2.29. The van der Waals surface area contributed by atoms with Gasteiger partial charge in [-0.15, -0.1) is 0 Å². The Balaban J connectivity index is 2.16. The Morgan fingerprint density at radius 1 is 1.33 bits per heavy atom. The summed E-state index contributed by atoms with van der Waals surface area (Å²) in [6.45, 7) is 2.00. The van der Waals surface area contributed by atoms with Gasteiger partial charge in [0.25, 0.3) is 0 Å². The predicted octanol–water partition coefficient (Wildman–Crippen LogP) is 3.07. The number of nitrogen functional groups attached to an aromatic ring is 1. The second-order valence-corrected chi connectivity index (χ2v) is 5.39. The lowest BCUT2D eigenvalue weighted by molar-refractivity contribution is 0.982. The van der Waals surface area contributed by atoms with Crippen LogP contribution in [-0.4, -0.2) is 15.0 Å². The second-order valence-electron chi connectivity index (χ2n) is 4.60. The Morgan fingerprint density at radius 2 is 2.11 bits per heavy atom. The summed E-state index contributed by atoms with van der Waals surface area (Å²) in [6, 6.07) is 1.93. The van der Waals surface area contributed by atoms with E-state index >= 15 is 0 Å². The summed E-state index contributed by atoms with van der Waals surface area (Å²) in [5, 5.41) is 0. The van der Waals surface area contributed by atoms with Crippen molar-refractivity contribution in [3.63, 3.8) is 0 Å². The maximum atomic E-state index is 5.96. The van der Waals surface area contributed by atoms with Gasteiger partial charge >= 0.3 is 0 Å². The van der Waals surface area contributed by atoms with Crippen LogP contribution in [0, 0.1) is 6.92 Å².